The Labute approximate surface area is 125 Å². The molecule has 114 valence electrons. The third-order valence-electron chi connectivity index (χ3n) is 2.84. The third-order valence-corrected chi connectivity index (χ3v) is 3.62. The van der Waals surface area contributed by atoms with Crippen LogP contribution in [-0.4, -0.2) is 19.3 Å². The Bertz CT molecular complexity index is 971. The molecule has 0 aliphatic carbocycles. The van der Waals surface area contributed by atoms with Gasteiger partial charge in [-0.15, -0.1) is 0 Å². The van der Waals surface area contributed by atoms with E-state index in [1.54, 1.807) is 25.1 Å². The topological polar surface area (TPSA) is 128 Å². The van der Waals surface area contributed by atoms with Crippen LogP contribution in [0.2, 0.25) is 0 Å². The van der Waals surface area contributed by atoms with E-state index >= 15 is 0 Å². The summed E-state index contributed by atoms with van der Waals surface area (Å²) in [5, 5.41) is 7.01. The lowest BCUT2D eigenvalue weighted by Gasteiger charge is -2.02. The van der Waals surface area contributed by atoms with Crippen molar-refractivity contribution in [2.24, 2.45) is 5.14 Å². The molecule has 1 amide bonds. The van der Waals surface area contributed by atoms with Crippen LogP contribution in [0.15, 0.2) is 44.3 Å². The fourth-order valence-electron chi connectivity index (χ4n) is 1.91. The van der Waals surface area contributed by atoms with Crippen molar-refractivity contribution in [3.8, 4) is 0 Å². The van der Waals surface area contributed by atoms with Crippen molar-refractivity contribution in [1.29, 1.82) is 0 Å². The van der Waals surface area contributed by atoms with E-state index in [1.165, 1.54) is 6.07 Å². The van der Waals surface area contributed by atoms with Crippen LogP contribution in [0, 0.1) is 6.92 Å². The molecule has 0 unspecified atom stereocenters. The van der Waals surface area contributed by atoms with Gasteiger partial charge in [0.15, 0.2) is 17.2 Å². The van der Waals surface area contributed by atoms with Gasteiger partial charge in [-0.1, -0.05) is 0 Å². The van der Waals surface area contributed by atoms with Crippen LogP contribution in [0.1, 0.15) is 16.4 Å². The predicted octanol–water partition coefficient (Wildman–Crippen LogP) is 1.63. The Hall–Kier alpha value is -2.65. The Morgan fingerprint density at radius 3 is 2.68 bits per heavy atom. The summed E-state index contributed by atoms with van der Waals surface area (Å²) >= 11 is 0. The number of benzene rings is 1. The van der Waals surface area contributed by atoms with Crippen LogP contribution in [-0.2, 0) is 10.0 Å². The number of nitrogens with zero attached hydrogens (tertiary/aromatic N) is 1. The molecule has 3 rings (SSSR count). The van der Waals surface area contributed by atoms with Gasteiger partial charge in [0.05, 0.1) is 0 Å². The number of hydrogen-bond donors (Lipinski definition) is 2. The second kappa shape index (κ2) is 4.97. The normalized spacial score (nSPS) is 11.7. The highest BCUT2D eigenvalue weighted by Gasteiger charge is 2.17. The van der Waals surface area contributed by atoms with Gasteiger partial charge in [-0.25, -0.2) is 18.5 Å². The number of aromatic nitrogens is 1. The highest BCUT2D eigenvalue weighted by Crippen LogP contribution is 2.21. The first kappa shape index (κ1) is 14.3. The molecule has 0 spiro atoms. The Balaban J connectivity index is 1.84. The van der Waals surface area contributed by atoms with E-state index in [9.17, 15) is 13.2 Å². The van der Waals surface area contributed by atoms with Crippen LogP contribution in [0.25, 0.3) is 11.1 Å². The van der Waals surface area contributed by atoms with Crippen molar-refractivity contribution in [2.75, 3.05) is 5.32 Å². The van der Waals surface area contributed by atoms with Gasteiger partial charge < -0.3 is 14.2 Å². The van der Waals surface area contributed by atoms with Crippen molar-refractivity contribution in [2.45, 2.75) is 12.0 Å². The minimum Gasteiger partial charge on any atom is -0.441 e. The number of anilines is 1. The lowest BCUT2D eigenvalue weighted by atomic mass is 10.3. The molecule has 0 atom stereocenters. The molecule has 2 aromatic heterocycles. The molecule has 3 aromatic rings. The summed E-state index contributed by atoms with van der Waals surface area (Å²) in [4.78, 5) is 16.2. The second-order valence-electron chi connectivity index (χ2n) is 4.53. The number of nitrogens with two attached hydrogens (primary N) is 1. The lowest BCUT2D eigenvalue weighted by Crippen LogP contribution is -2.12. The number of hydrogen-bond acceptors (Lipinski definition) is 6. The number of aryl methyl sites for hydroxylation is 1. The van der Waals surface area contributed by atoms with Gasteiger partial charge in [0, 0.05) is 18.7 Å². The van der Waals surface area contributed by atoms with Crippen molar-refractivity contribution in [1.82, 2.24) is 4.98 Å². The van der Waals surface area contributed by atoms with E-state index in [1.807, 2.05) is 0 Å². The molecule has 0 aliphatic rings. The Morgan fingerprint density at radius 2 is 2.00 bits per heavy atom. The summed E-state index contributed by atoms with van der Waals surface area (Å²) in [5.74, 6) is -0.259. The lowest BCUT2D eigenvalue weighted by molar-refractivity contribution is 0.0991. The van der Waals surface area contributed by atoms with E-state index in [0.717, 1.165) is 6.07 Å². The van der Waals surface area contributed by atoms with E-state index in [4.69, 9.17) is 14.0 Å². The summed E-state index contributed by atoms with van der Waals surface area (Å²) in [6.45, 7) is 1.72. The minimum atomic E-state index is -3.98. The molecular weight excluding hydrogens is 310 g/mol. The maximum atomic E-state index is 12.0. The molecular formula is C13H11N3O5S. The zero-order chi connectivity index (χ0) is 15.9. The maximum absolute atomic E-state index is 12.0. The molecule has 0 bridgehead atoms. The molecule has 0 radical (unpaired) electrons. The molecule has 0 fully saturated rings. The first-order valence-electron chi connectivity index (χ1n) is 6.14. The first-order chi connectivity index (χ1) is 10.3. The standard InChI is InChI=1S/C13H11N3O5S/c1-7-15-9-3-2-8(6-11(9)20-7)16-13(17)10-4-5-12(21-10)22(14,18)19/h2-6H,1H3,(H,16,17)(H2,14,18,19). The first-order valence-corrected chi connectivity index (χ1v) is 7.69. The number of oxazole rings is 1. The Morgan fingerprint density at radius 1 is 1.23 bits per heavy atom. The molecule has 0 saturated heterocycles. The second-order valence-corrected chi connectivity index (χ2v) is 6.03. The summed E-state index contributed by atoms with van der Waals surface area (Å²) in [6.07, 6.45) is 0. The van der Waals surface area contributed by atoms with Crippen LogP contribution in [0.4, 0.5) is 5.69 Å². The fourth-order valence-corrected chi connectivity index (χ4v) is 2.37. The van der Waals surface area contributed by atoms with E-state index in [0.29, 0.717) is 22.7 Å². The number of rotatable bonds is 3. The van der Waals surface area contributed by atoms with Crippen LogP contribution in [0.5, 0.6) is 0 Å². The summed E-state index contributed by atoms with van der Waals surface area (Å²) in [6, 6.07) is 7.29. The van der Waals surface area contributed by atoms with E-state index < -0.39 is 21.0 Å². The van der Waals surface area contributed by atoms with E-state index in [-0.39, 0.29) is 5.76 Å². The summed E-state index contributed by atoms with van der Waals surface area (Å²) in [5.41, 5.74) is 1.66. The number of sulfonamides is 1. The quantitative estimate of drug-likeness (QED) is 0.754. The van der Waals surface area contributed by atoms with Gasteiger partial charge in [0.1, 0.15) is 5.52 Å². The van der Waals surface area contributed by atoms with Crippen molar-refractivity contribution >= 4 is 32.7 Å². The van der Waals surface area contributed by atoms with Crippen molar-refractivity contribution in [3.05, 3.63) is 42.0 Å². The van der Waals surface area contributed by atoms with Crippen molar-refractivity contribution < 1.29 is 22.0 Å². The molecule has 9 heteroatoms. The van der Waals surface area contributed by atoms with Gasteiger partial charge in [0.2, 0.25) is 5.09 Å². The summed E-state index contributed by atoms with van der Waals surface area (Å²) in [7, 11) is -3.98. The van der Waals surface area contributed by atoms with E-state index in [2.05, 4.69) is 10.3 Å². The molecule has 1 aromatic carbocycles. The molecule has 0 aliphatic heterocycles. The SMILES string of the molecule is Cc1nc2ccc(NC(=O)c3ccc(S(N)(=O)=O)o3)cc2o1. The predicted molar refractivity (Wildman–Crippen MR) is 76.8 cm³/mol. The van der Waals surface area contributed by atoms with Gasteiger partial charge in [-0.2, -0.15) is 0 Å². The zero-order valence-corrected chi connectivity index (χ0v) is 12.2. The van der Waals surface area contributed by atoms with Crippen molar-refractivity contribution in [3.63, 3.8) is 0 Å². The number of fused-ring (bicyclic) bond motifs is 1. The van der Waals surface area contributed by atoms with Gasteiger partial charge in [-0.3, -0.25) is 4.79 Å². The highest BCUT2D eigenvalue weighted by molar-refractivity contribution is 7.89. The average Bonchev–Trinajstić information content (AvgIpc) is 3.02. The number of furan rings is 1. The number of nitrogens with one attached hydrogen (secondary N) is 1. The zero-order valence-electron chi connectivity index (χ0n) is 11.4. The molecule has 0 saturated carbocycles. The third kappa shape index (κ3) is 2.71. The van der Waals surface area contributed by atoms with Gasteiger partial charge in [0.25, 0.3) is 15.9 Å². The molecule has 3 N–H and O–H groups in total. The smallest absolute Gasteiger partial charge is 0.291 e. The fraction of sp³-hybridized carbons (Fsp3) is 0.0769. The van der Waals surface area contributed by atoms with Crippen LogP contribution in [0.3, 0.4) is 0 Å². The number of carbonyl (C=O) groups excluding carboxylic acids is 1. The summed E-state index contributed by atoms with van der Waals surface area (Å²) < 4.78 is 32.5. The number of amides is 1. The van der Waals surface area contributed by atoms with Crippen LogP contribution >= 0.6 is 0 Å². The molecule has 2 heterocycles. The number of primary sulfonamides is 1. The highest BCUT2D eigenvalue weighted by atomic mass is 32.2. The largest absolute Gasteiger partial charge is 0.441 e. The van der Waals surface area contributed by atoms with Gasteiger partial charge in [-0.05, 0) is 24.3 Å². The molecule has 22 heavy (non-hydrogen) atoms. The number of carbonyl (C=O) groups is 1. The molecule has 8 nitrogen and oxygen atoms in total. The minimum absolute atomic E-state index is 0.169. The average molecular weight is 321 g/mol. The maximum Gasteiger partial charge on any atom is 0.291 e. The monoisotopic (exact) mass is 321 g/mol. The van der Waals surface area contributed by atoms with Crippen LogP contribution < -0.4 is 10.5 Å². The van der Waals surface area contributed by atoms with Gasteiger partial charge >= 0.3 is 0 Å². The Kier molecular flexibility index (Phi) is 3.23.